The molecule has 7 heteroatoms. The van der Waals surface area contributed by atoms with E-state index in [4.69, 9.17) is 25.8 Å². The van der Waals surface area contributed by atoms with Crippen LogP contribution in [0.25, 0.3) is 0 Å². The number of carboxylic acids is 1. The summed E-state index contributed by atoms with van der Waals surface area (Å²) in [5.41, 5.74) is 1.72. The Kier molecular flexibility index (Phi) is 6.87. The van der Waals surface area contributed by atoms with Crippen LogP contribution in [0.4, 0.5) is 0 Å². The van der Waals surface area contributed by atoms with Crippen molar-refractivity contribution in [2.45, 2.75) is 31.8 Å². The Morgan fingerprint density at radius 3 is 2.55 bits per heavy atom. The molecule has 2 atom stereocenters. The summed E-state index contributed by atoms with van der Waals surface area (Å²) in [7, 11) is 3.16. The summed E-state index contributed by atoms with van der Waals surface area (Å²) >= 11 is 6.33. The molecule has 1 fully saturated rings. The van der Waals surface area contributed by atoms with E-state index in [1.165, 1.54) is 0 Å². The average molecular weight is 420 g/mol. The average Bonchev–Trinajstić information content (AvgIpc) is 3.20. The largest absolute Gasteiger partial charge is 0.494 e. The van der Waals surface area contributed by atoms with Crippen molar-refractivity contribution < 1.29 is 24.1 Å². The number of hydrogen-bond donors (Lipinski definition) is 1. The number of halogens is 1. The van der Waals surface area contributed by atoms with Gasteiger partial charge >= 0.3 is 5.97 Å². The van der Waals surface area contributed by atoms with Crippen molar-refractivity contribution in [3.63, 3.8) is 0 Å². The van der Waals surface area contributed by atoms with Gasteiger partial charge in [-0.3, -0.25) is 9.69 Å². The molecule has 0 spiro atoms. The Hall–Kier alpha value is -2.44. The van der Waals surface area contributed by atoms with E-state index in [9.17, 15) is 9.90 Å². The molecule has 0 saturated carbocycles. The van der Waals surface area contributed by atoms with Gasteiger partial charge < -0.3 is 19.3 Å². The van der Waals surface area contributed by atoms with Crippen LogP contribution >= 0.6 is 11.6 Å². The first-order chi connectivity index (χ1) is 14.0. The molecule has 0 bridgehead atoms. The molecule has 1 saturated heterocycles. The van der Waals surface area contributed by atoms with E-state index in [0.29, 0.717) is 41.8 Å². The van der Waals surface area contributed by atoms with Crippen molar-refractivity contribution in [1.29, 1.82) is 0 Å². The van der Waals surface area contributed by atoms with E-state index in [1.54, 1.807) is 20.3 Å². The molecule has 3 rings (SSSR count). The molecular weight excluding hydrogens is 394 g/mol. The fourth-order valence-electron chi connectivity index (χ4n) is 3.96. The fourth-order valence-corrected chi connectivity index (χ4v) is 4.14. The molecule has 29 heavy (non-hydrogen) atoms. The topological polar surface area (TPSA) is 68.2 Å². The number of methoxy groups -OCH3 is 2. The molecule has 0 amide bonds. The number of carbonyl (C=O) groups is 1. The molecule has 1 heterocycles. The van der Waals surface area contributed by atoms with Gasteiger partial charge in [0.05, 0.1) is 26.9 Å². The normalized spacial score (nSPS) is 17.7. The lowest BCUT2D eigenvalue weighted by atomic mass is 9.95. The minimum atomic E-state index is -0.826. The van der Waals surface area contributed by atoms with Crippen molar-refractivity contribution in [3.05, 3.63) is 52.5 Å². The zero-order valence-electron chi connectivity index (χ0n) is 16.9. The molecular formula is C22H26ClNO5. The lowest BCUT2D eigenvalue weighted by molar-refractivity contribution is -0.142. The van der Waals surface area contributed by atoms with E-state index >= 15 is 0 Å². The van der Waals surface area contributed by atoms with Gasteiger partial charge in [-0.25, -0.2) is 0 Å². The summed E-state index contributed by atoms with van der Waals surface area (Å²) in [4.78, 5) is 13.9. The number of hydrogen-bond acceptors (Lipinski definition) is 5. The Bertz CT molecular complexity index is 872. The standard InChI is InChI=1S/C22H26ClNO5/c1-4-29-18-10-8-15(23)13-16(18)21(24-11-5-6-17(24)22(25)26)14-7-9-19(27-2)20(12-14)28-3/h7-10,12-13,17,21H,4-6,11H2,1-3H3,(H,25,26). The quantitative estimate of drug-likeness (QED) is 0.684. The maximum absolute atomic E-state index is 11.9. The Balaban J connectivity index is 2.18. The highest BCUT2D eigenvalue weighted by Crippen LogP contribution is 2.42. The summed E-state index contributed by atoms with van der Waals surface area (Å²) in [6.07, 6.45) is 1.41. The molecule has 0 radical (unpaired) electrons. The molecule has 2 unspecified atom stereocenters. The van der Waals surface area contributed by atoms with Gasteiger partial charge in [0.2, 0.25) is 0 Å². The monoisotopic (exact) mass is 419 g/mol. The molecule has 2 aromatic carbocycles. The predicted octanol–water partition coefficient (Wildman–Crippen LogP) is 4.39. The summed E-state index contributed by atoms with van der Waals surface area (Å²) in [6, 6.07) is 10.2. The summed E-state index contributed by atoms with van der Waals surface area (Å²) in [5, 5.41) is 10.4. The van der Waals surface area contributed by atoms with Crippen molar-refractivity contribution >= 4 is 17.6 Å². The number of carboxylic acid groups (broad SMARTS) is 1. The highest BCUT2D eigenvalue weighted by molar-refractivity contribution is 6.30. The van der Waals surface area contributed by atoms with Gasteiger partial charge in [-0.15, -0.1) is 0 Å². The number of benzene rings is 2. The van der Waals surface area contributed by atoms with Crippen molar-refractivity contribution in [2.24, 2.45) is 0 Å². The minimum absolute atomic E-state index is 0.348. The van der Waals surface area contributed by atoms with Crippen molar-refractivity contribution in [2.75, 3.05) is 27.4 Å². The summed E-state index contributed by atoms with van der Waals surface area (Å²) in [6.45, 7) is 3.07. The molecule has 6 nitrogen and oxygen atoms in total. The minimum Gasteiger partial charge on any atom is -0.494 e. The van der Waals surface area contributed by atoms with Gasteiger partial charge in [0.25, 0.3) is 0 Å². The predicted molar refractivity (Wildman–Crippen MR) is 111 cm³/mol. The Morgan fingerprint density at radius 2 is 1.90 bits per heavy atom. The highest BCUT2D eigenvalue weighted by atomic mass is 35.5. The Morgan fingerprint density at radius 1 is 1.17 bits per heavy atom. The van der Waals surface area contributed by atoms with Crippen LogP contribution in [0.5, 0.6) is 17.2 Å². The highest BCUT2D eigenvalue weighted by Gasteiger charge is 2.38. The lowest BCUT2D eigenvalue weighted by Crippen LogP contribution is -2.39. The molecule has 2 aromatic rings. The van der Waals surface area contributed by atoms with Crippen LogP contribution in [-0.2, 0) is 4.79 Å². The van der Waals surface area contributed by atoms with Crippen molar-refractivity contribution in [3.8, 4) is 17.2 Å². The van der Waals surface area contributed by atoms with E-state index in [1.807, 2.05) is 42.2 Å². The van der Waals surface area contributed by atoms with Crippen molar-refractivity contribution in [1.82, 2.24) is 4.90 Å². The van der Waals surface area contributed by atoms with Crippen LogP contribution in [0.1, 0.15) is 36.9 Å². The van der Waals surface area contributed by atoms with Gasteiger partial charge in [-0.2, -0.15) is 0 Å². The third kappa shape index (κ3) is 4.43. The van der Waals surface area contributed by atoms with Crippen LogP contribution in [-0.4, -0.2) is 49.4 Å². The van der Waals surface area contributed by atoms with Crippen LogP contribution in [0.15, 0.2) is 36.4 Å². The Labute approximate surface area is 175 Å². The molecule has 0 aliphatic carbocycles. The first kappa shape index (κ1) is 21.3. The zero-order chi connectivity index (χ0) is 21.0. The SMILES string of the molecule is CCOc1ccc(Cl)cc1C(c1ccc(OC)c(OC)c1)N1CCCC1C(=O)O. The first-order valence-electron chi connectivity index (χ1n) is 9.62. The molecule has 156 valence electrons. The number of aliphatic carboxylic acids is 1. The summed E-state index contributed by atoms with van der Waals surface area (Å²) in [5.74, 6) is 1.06. The third-order valence-electron chi connectivity index (χ3n) is 5.20. The van der Waals surface area contributed by atoms with Crippen LogP contribution < -0.4 is 14.2 Å². The van der Waals surface area contributed by atoms with Crippen LogP contribution in [0.2, 0.25) is 5.02 Å². The van der Waals surface area contributed by atoms with Gasteiger partial charge in [0.1, 0.15) is 11.8 Å². The smallest absolute Gasteiger partial charge is 0.320 e. The molecule has 1 N–H and O–H groups in total. The summed E-state index contributed by atoms with van der Waals surface area (Å²) < 4.78 is 16.7. The third-order valence-corrected chi connectivity index (χ3v) is 5.44. The second-order valence-corrected chi connectivity index (χ2v) is 7.30. The van der Waals surface area contributed by atoms with E-state index in [-0.39, 0.29) is 6.04 Å². The second-order valence-electron chi connectivity index (χ2n) is 6.87. The fraction of sp³-hybridized carbons (Fsp3) is 0.409. The van der Waals surface area contributed by atoms with Gasteiger partial charge in [-0.1, -0.05) is 17.7 Å². The molecule has 1 aliphatic heterocycles. The second kappa shape index (κ2) is 9.37. The maximum atomic E-state index is 11.9. The van der Waals surface area contributed by atoms with Crippen LogP contribution in [0.3, 0.4) is 0 Å². The van der Waals surface area contributed by atoms with Gasteiger partial charge in [0.15, 0.2) is 11.5 Å². The molecule has 1 aliphatic rings. The van der Waals surface area contributed by atoms with Gasteiger partial charge in [0, 0.05) is 17.1 Å². The number of ether oxygens (including phenoxy) is 3. The van der Waals surface area contributed by atoms with E-state index in [0.717, 1.165) is 17.5 Å². The molecule has 0 aromatic heterocycles. The first-order valence-corrected chi connectivity index (χ1v) is 10.0. The zero-order valence-corrected chi connectivity index (χ0v) is 17.6. The number of likely N-dealkylation sites (tertiary alicyclic amines) is 1. The van der Waals surface area contributed by atoms with E-state index in [2.05, 4.69) is 0 Å². The van der Waals surface area contributed by atoms with Gasteiger partial charge in [-0.05, 0) is 55.7 Å². The van der Waals surface area contributed by atoms with Crippen LogP contribution in [0, 0.1) is 0 Å². The lowest BCUT2D eigenvalue weighted by Gasteiger charge is -2.33. The maximum Gasteiger partial charge on any atom is 0.320 e. The number of rotatable bonds is 8. The van der Waals surface area contributed by atoms with E-state index < -0.39 is 12.0 Å². The number of nitrogens with zero attached hydrogens (tertiary/aromatic N) is 1.